The Kier molecular flexibility index (Phi) is 7.78. The molecule has 0 spiro atoms. The maximum absolute atomic E-state index is 13.1. The average Bonchev–Trinajstić information content (AvgIpc) is 3.66. The zero-order valence-electron chi connectivity index (χ0n) is 22.5. The van der Waals surface area contributed by atoms with E-state index in [1.54, 1.807) is 6.20 Å². The summed E-state index contributed by atoms with van der Waals surface area (Å²) in [5.74, 6) is 1.34. The summed E-state index contributed by atoms with van der Waals surface area (Å²) in [6.07, 6.45) is 4.06. The predicted molar refractivity (Wildman–Crippen MR) is 161 cm³/mol. The number of thiophene rings is 1. The second-order valence-electron chi connectivity index (χ2n) is 10.2. The van der Waals surface area contributed by atoms with Crippen molar-refractivity contribution in [2.75, 3.05) is 26.2 Å². The molecule has 0 saturated carbocycles. The van der Waals surface area contributed by atoms with Crippen molar-refractivity contribution in [1.82, 2.24) is 19.8 Å². The Morgan fingerprint density at radius 3 is 2.54 bits per heavy atom. The second kappa shape index (κ2) is 11.9. The lowest BCUT2D eigenvalue weighted by Crippen LogP contribution is -2.53. The van der Waals surface area contributed by atoms with Gasteiger partial charge in [0.25, 0.3) is 0 Å². The lowest BCUT2D eigenvalue weighted by atomic mass is 10.0. The summed E-state index contributed by atoms with van der Waals surface area (Å²) in [5.41, 5.74) is 10.3. The fourth-order valence-electron chi connectivity index (χ4n) is 5.21. The molecule has 41 heavy (non-hydrogen) atoms. The fourth-order valence-corrected chi connectivity index (χ4v) is 6.04. The highest BCUT2D eigenvalue weighted by atomic mass is 32.1. The van der Waals surface area contributed by atoms with Crippen LogP contribution >= 0.6 is 11.3 Å². The van der Waals surface area contributed by atoms with E-state index in [1.165, 1.54) is 16.9 Å². The minimum Gasteiger partial charge on any atom is -0.457 e. The number of rotatable bonds is 8. The van der Waals surface area contributed by atoms with Crippen LogP contribution in [0, 0.1) is 11.3 Å². The topological polar surface area (TPSA) is 111 Å². The number of ether oxygens (including phenoxy) is 1. The van der Waals surface area contributed by atoms with Crippen molar-refractivity contribution >= 4 is 28.3 Å². The molecule has 9 heteroatoms. The Labute approximate surface area is 242 Å². The van der Waals surface area contributed by atoms with Gasteiger partial charge in [0.2, 0.25) is 5.91 Å². The van der Waals surface area contributed by atoms with Crippen LogP contribution in [0.5, 0.6) is 11.5 Å². The largest absolute Gasteiger partial charge is 0.457 e. The number of aromatic nitrogens is 2. The third kappa shape index (κ3) is 6.00. The molecule has 8 nitrogen and oxygen atoms in total. The van der Waals surface area contributed by atoms with Crippen molar-refractivity contribution in [1.29, 1.82) is 5.26 Å². The Morgan fingerprint density at radius 2 is 1.80 bits per heavy atom. The number of carbonyl (C=O) groups is 1. The molecule has 3 N–H and O–H groups in total. The minimum atomic E-state index is -0.589. The zero-order valence-corrected chi connectivity index (χ0v) is 23.3. The van der Waals surface area contributed by atoms with Crippen molar-refractivity contribution in [3.05, 3.63) is 101 Å². The summed E-state index contributed by atoms with van der Waals surface area (Å²) in [7, 11) is 0. The number of carbonyl (C=O) groups excluding carboxylic acids is 1. The maximum atomic E-state index is 13.1. The summed E-state index contributed by atoms with van der Waals surface area (Å²) >= 11 is 1.43. The summed E-state index contributed by atoms with van der Waals surface area (Å²) < 4.78 is 6.27. The van der Waals surface area contributed by atoms with E-state index in [4.69, 9.17) is 10.5 Å². The van der Waals surface area contributed by atoms with E-state index in [-0.39, 0.29) is 5.91 Å². The van der Waals surface area contributed by atoms with Crippen LogP contribution in [-0.4, -0.2) is 57.9 Å². The monoisotopic (exact) mass is 562 g/mol. The van der Waals surface area contributed by atoms with Gasteiger partial charge in [-0.1, -0.05) is 42.5 Å². The number of hydrogen-bond acceptors (Lipinski definition) is 7. The molecule has 5 aromatic rings. The number of fused-ring (bicyclic) bond motifs is 1. The van der Waals surface area contributed by atoms with Crippen molar-refractivity contribution < 1.29 is 9.53 Å². The van der Waals surface area contributed by atoms with Crippen LogP contribution in [0.15, 0.2) is 85.2 Å². The summed E-state index contributed by atoms with van der Waals surface area (Å²) in [6, 6.07) is 25.3. The van der Waals surface area contributed by atoms with Gasteiger partial charge in [-0.15, -0.1) is 11.3 Å². The molecular weight excluding hydrogens is 532 g/mol. The number of hydrogen-bond donors (Lipinski definition) is 2. The van der Waals surface area contributed by atoms with Crippen LogP contribution in [-0.2, 0) is 17.8 Å². The maximum Gasteiger partial charge on any atom is 0.239 e. The van der Waals surface area contributed by atoms with Gasteiger partial charge in [0.15, 0.2) is 0 Å². The predicted octanol–water partition coefficient (Wildman–Crippen LogP) is 5.17. The lowest BCUT2D eigenvalue weighted by Gasteiger charge is -2.36. The fraction of sp³-hybridized carbons (Fsp3) is 0.219. The number of nitrogens with zero attached hydrogens (tertiary/aromatic N) is 4. The second-order valence-corrected chi connectivity index (χ2v) is 11.2. The van der Waals surface area contributed by atoms with E-state index in [1.807, 2.05) is 59.6 Å². The SMILES string of the molecule is N#Cc1ccc(-c2c[nH]c3nccc(Oc4ccc(CC(N)C(=O)N5CCN(Cc6ccccc6)CC5)cc4)c23)s1. The van der Waals surface area contributed by atoms with E-state index in [0.29, 0.717) is 41.5 Å². The van der Waals surface area contributed by atoms with Gasteiger partial charge in [-0.2, -0.15) is 5.26 Å². The lowest BCUT2D eigenvalue weighted by molar-refractivity contribution is -0.134. The van der Waals surface area contributed by atoms with Gasteiger partial charge in [-0.25, -0.2) is 4.98 Å². The van der Waals surface area contributed by atoms with Crippen LogP contribution in [0.3, 0.4) is 0 Å². The van der Waals surface area contributed by atoms with Gasteiger partial charge in [0.1, 0.15) is 28.1 Å². The first-order valence-electron chi connectivity index (χ1n) is 13.6. The van der Waals surface area contributed by atoms with Crippen LogP contribution < -0.4 is 10.5 Å². The molecule has 1 unspecified atom stereocenters. The van der Waals surface area contributed by atoms with Crippen molar-refractivity contribution in [2.45, 2.75) is 19.0 Å². The molecule has 1 saturated heterocycles. The van der Waals surface area contributed by atoms with E-state index in [9.17, 15) is 10.1 Å². The zero-order chi connectivity index (χ0) is 28.2. The highest BCUT2D eigenvalue weighted by molar-refractivity contribution is 7.16. The molecule has 6 rings (SSSR count). The molecule has 4 heterocycles. The molecule has 0 aliphatic carbocycles. The third-order valence-electron chi connectivity index (χ3n) is 7.37. The Bertz CT molecular complexity index is 1680. The van der Waals surface area contributed by atoms with E-state index in [0.717, 1.165) is 41.0 Å². The molecule has 206 valence electrons. The van der Waals surface area contributed by atoms with Gasteiger partial charge in [-0.3, -0.25) is 9.69 Å². The number of nitriles is 1. The number of nitrogens with one attached hydrogen (secondary N) is 1. The molecule has 1 aliphatic heterocycles. The average molecular weight is 563 g/mol. The van der Waals surface area contributed by atoms with Crippen LogP contribution in [0.2, 0.25) is 0 Å². The van der Waals surface area contributed by atoms with E-state index < -0.39 is 6.04 Å². The summed E-state index contributed by atoms with van der Waals surface area (Å²) in [5, 5.41) is 10.1. The van der Waals surface area contributed by atoms with Crippen LogP contribution in [0.1, 0.15) is 16.0 Å². The van der Waals surface area contributed by atoms with Gasteiger partial charge >= 0.3 is 0 Å². The normalized spacial score (nSPS) is 14.6. The number of H-pyrrole nitrogens is 1. The summed E-state index contributed by atoms with van der Waals surface area (Å²) in [6.45, 7) is 3.97. The molecule has 0 bridgehead atoms. The first-order chi connectivity index (χ1) is 20.1. The Balaban J connectivity index is 1.07. The minimum absolute atomic E-state index is 0.00279. The molecule has 2 aromatic carbocycles. The Hall–Kier alpha value is -4.49. The highest BCUT2D eigenvalue weighted by Crippen LogP contribution is 2.39. The van der Waals surface area contributed by atoms with Crippen LogP contribution in [0.4, 0.5) is 0 Å². The summed E-state index contributed by atoms with van der Waals surface area (Å²) in [4.78, 5) is 26.6. The number of nitrogens with two attached hydrogens (primary N) is 1. The Morgan fingerprint density at radius 1 is 1.02 bits per heavy atom. The number of amides is 1. The molecule has 1 fully saturated rings. The van der Waals surface area contributed by atoms with Crippen molar-refractivity contribution in [3.8, 4) is 28.0 Å². The first-order valence-corrected chi connectivity index (χ1v) is 14.4. The molecule has 1 aliphatic rings. The number of pyridine rings is 1. The van der Waals surface area contributed by atoms with E-state index in [2.05, 4.69) is 45.2 Å². The number of piperazine rings is 1. The molecule has 0 radical (unpaired) electrons. The molecule has 3 aromatic heterocycles. The standard InChI is InChI=1S/C32H30N6O2S/c33-19-25-10-11-29(41-25)26-20-36-31-30(26)28(12-13-35-31)40-24-8-6-22(7-9-24)18-27(34)32(39)38-16-14-37(15-17-38)21-23-4-2-1-3-5-23/h1-13,20,27H,14-18,21,34H2,(H,35,36). The molecule has 1 atom stereocenters. The van der Waals surface area contributed by atoms with Gasteiger partial charge < -0.3 is 20.4 Å². The third-order valence-corrected chi connectivity index (χ3v) is 8.40. The smallest absolute Gasteiger partial charge is 0.239 e. The van der Waals surface area contributed by atoms with Gasteiger partial charge in [0, 0.05) is 55.6 Å². The van der Waals surface area contributed by atoms with Gasteiger partial charge in [-0.05, 0) is 47.9 Å². The van der Waals surface area contributed by atoms with Crippen molar-refractivity contribution in [3.63, 3.8) is 0 Å². The van der Waals surface area contributed by atoms with E-state index >= 15 is 0 Å². The molecule has 1 amide bonds. The highest BCUT2D eigenvalue weighted by Gasteiger charge is 2.25. The van der Waals surface area contributed by atoms with Crippen LogP contribution in [0.25, 0.3) is 21.5 Å². The number of aromatic amines is 1. The van der Waals surface area contributed by atoms with Gasteiger partial charge in [0.05, 0.1) is 11.4 Å². The van der Waals surface area contributed by atoms with Crippen molar-refractivity contribution in [2.24, 2.45) is 5.73 Å². The molecular formula is C32H30N6O2S. The number of benzene rings is 2. The first kappa shape index (κ1) is 26.7. The quantitative estimate of drug-likeness (QED) is 0.270.